The number of ketones is 1. The van der Waals surface area contributed by atoms with Crippen molar-refractivity contribution in [1.82, 2.24) is 14.9 Å². The number of aliphatic carboxylic acids is 1. The van der Waals surface area contributed by atoms with Crippen molar-refractivity contribution in [2.24, 2.45) is 5.92 Å². The van der Waals surface area contributed by atoms with Crippen LogP contribution in [0.25, 0.3) is 10.9 Å². The number of nitrogens with zero attached hydrogens (tertiary/aromatic N) is 2. The first-order valence-corrected chi connectivity index (χ1v) is 11.8. The first kappa shape index (κ1) is 27.7. The fourth-order valence-corrected chi connectivity index (χ4v) is 4.80. The predicted octanol–water partition coefficient (Wildman–Crippen LogP) is 3.68. The zero-order valence-electron chi connectivity index (χ0n) is 20.3. The number of halogens is 1. The van der Waals surface area contributed by atoms with E-state index in [0.717, 1.165) is 24.2 Å². The summed E-state index contributed by atoms with van der Waals surface area (Å²) in [6.45, 7) is -0.780. The second-order valence-corrected chi connectivity index (χ2v) is 8.82. The molecule has 37 heavy (non-hydrogen) atoms. The molecule has 0 radical (unpaired) electrons. The molecule has 11 heteroatoms. The number of carbonyl (C=O) groups is 4. The van der Waals surface area contributed by atoms with Crippen LogP contribution < -0.4 is 10.1 Å². The molecule has 2 amide bonds. The highest BCUT2D eigenvalue weighted by molar-refractivity contribution is 6.45. The number of Topliss-reactive ketones (excluding diaryl/α,β-unsaturated/α-hetero) is 1. The largest absolute Gasteiger partial charge is 0.497 e. The van der Waals surface area contributed by atoms with Gasteiger partial charge in [-0.1, -0.05) is 25.3 Å². The number of nitrogens with one attached hydrogen (secondary N) is 2. The molecule has 0 bridgehead atoms. The third-order valence-electron chi connectivity index (χ3n) is 6.51. The molecule has 0 spiro atoms. The van der Waals surface area contributed by atoms with Crippen molar-refractivity contribution in [3.8, 4) is 5.75 Å². The van der Waals surface area contributed by atoms with Gasteiger partial charge in [0.15, 0.2) is 0 Å². The Kier molecular flexibility index (Phi) is 9.24. The number of amides is 2. The van der Waals surface area contributed by atoms with Gasteiger partial charge < -0.3 is 25.0 Å². The van der Waals surface area contributed by atoms with Crippen molar-refractivity contribution in [1.29, 1.82) is 0 Å². The number of pyridine rings is 1. The highest BCUT2D eigenvalue weighted by Gasteiger charge is 2.40. The van der Waals surface area contributed by atoms with E-state index in [1.165, 1.54) is 19.5 Å². The van der Waals surface area contributed by atoms with Gasteiger partial charge >= 0.3 is 5.97 Å². The summed E-state index contributed by atoms with van der Waals surface area (Å²) in [6, 6.07) is 8.88. The molecule has 2 heterocycles. The summed E-state index contributed by atoms with van der Waals surface area (Å²) < 4.78 is 5.20. The number of benzene rings is 1. The normalized spacial score (nSPS) is 14.3. The summed E-state index contributed by atoms with van der Waals surface area (Å²) in [7, 11) is 1.52. The smallest absolute Gasteiger partial charge is 0.323 e. The maximum Gasteiger partial charge on any atom is 0.323 e. The van der Waals surface area contributed by atoms with Gasteiger partial charge in [0.25, 0.3) is 11.7 Å². The Morgan fingerprint density at radius 1 is 1.16 bits per heavy atom. The van der Waals surface area contributed by atoms with Crippen molar-refractivity contribution in [2.75, 3.05) is 19.0 Å². The molecule has 3 aromatic rings. The first-order chi connectivity index (χ1) is 17.4. The predicted molar refractivity (Wildman–Crippen MR) is 139 cm³/mol. The number of methoxy groups -OCH3 is 1. The molecule has 3 N–H and O–H groups in total. The SMILES string of the molecule is COc1ccc2c(C(=O)C(=O)N(CC(=O)O)C(C(=O)Nc3ccccn3)C3CCCCC3)c[nH]c2c1.Cl. The molecule has 1 aromatic carbocycles. The molecule has 4 rings (SSSR count). The van der Waals surface area contributed by atoms with E-state index < -0.39 is 36.2 Å². The molecule has 10 nitrogen and oxygen atoms in total. The lowest BCUT2D eigenvalue weighted by atomic mass is 9.82. The summed E-state index contributed by atoms with van der Waals surface area (Å²) in [5.41, 5.74) is 0.688. The monoisotopic (exact) mass is 528 g/mol. The summed E-state index contributed by atoms with van der Waals surface area (Å²) in [5, 5.41) is 12.8. The van der Waals surface area contributed by atoms with Gasteiger partial charge in [0.1, 0.15) is 24.2 Å². The molecular formula is C26H29ClN4O6. The molecule has 1 atom stereocenters. The number of ether oxygens (including phenoxy) is 1. The van der Waals surface area contributed by atoms with E-state index in [9.17, 15) is 24.3 Å². The van der Waals surface area contributed by atoms with Gasteiger partial charge in [0.05, 0.1) is 12.7 Å². The summed E-state index contributed by atoms with van der Waals surface area (Å²) in [6.07, 6.45) is 6.91. The minimum Gasteiger partial charge on any atom is -0.497 e. The fraction of sp³-hybridized carbons (Fsp3) is 0.346. The third-order valence-corrected chi connectivity index (χ3v) is 6.51. The van der Waals surface area contributed by atoms with Gasteiger partial charge in [-0.3, -0.25) is 19.2 Å². The van der Waals surface area contributed by atoms with Crippen LogP contribution in [0.5, 0.6) is 5.75 Å². The maximum atomic E-state index is 13.6. The fourth-order valence-electron chi connectivity index (χ4n) is 4.80. The van der Waals surface area contributed by atoms with E-state index in [2.05, 4.69) is 15.3 Å². The van der Waals surface area contributed by atoms with Crippen LogP contribution in [-0.2, 0) is 14.4 Å². The van der Waals surface area contributed by atoms with Crippen LogP contribution in [0.2, 0.25) is 0 Å². The summed E-state index contributed by atoms with van der Waals surface area (Å²) >= 11 is 0. The molecule has 2 aromatic heterocycles. The number of rotatable bonds is 9. The summed E-state index contributed by atoms with van der Waals surface area (Å²) in [4.78, 5) is 60.2. The van der Waals surface area contributed by atoms with Crippen molar-refractivity contribution in [2.45, 2.75) is 38.1 Å². The second-order valence-electron chi connectivity index (χ2n) is 8.82. The van der Waals surface area contributed by atoms with Gasteiger partial charge in [-0.15, -0.1) is 12.4 Å². The lowest BCUT2D eigenvalue weighted by molar-refractivity contribution is -0.147. The molecule has 0 aliphatic heterocycles. The zero-order chi connectivity index (χ0) is 25.7. The highest BCUT2D eigenvalue weighted by atomic mass is 35.5. The second kappa shape index (κ2) is 12.4. The summed E-state index contributed by atoms with van der Waals surface area (Å²) in [5.74, 6) is -3.24. The van der Waals surface area contributed by atoms with E-state index >= 15 is 0 Å². The van der Waals surface area contributed by atoms with Gasteiger partial charge in [-0.05, 0) is 43.0 Å². The molecule has 1 aliphatic carbocycles. The Bertz CT molecular complexity index is 1270. The van der Waals surface area contributed by atoms with Crippen molar-refractivity contribution in [3.05, 3.63) is 54.4 Å². The van der Waals surface area contributed by atoms with E-state index in [1.54, 1.807) is 36.4 Å². The number of hydrogen-bond acceptors (Lipinski definition) is 6. The highest BCUT2D eigenvalue weighted by Crippen LogP contribution is 2.31. The van der Waals surface area contributed by atoms with Crippen LogP contribution in [0.4, 0.5) is 5.82 Å². The Labute approximate surface area is 219 Å². The number of carboxylic acids is 1. The number of H-pyrrole nitrogens is 1. The molecule has 0 saturated heterocycles. The van der Waals surface area contributed by atoms with E-state index in [0.29, 0.717) is 29.5 Å². The molecule has 1 aliphatic rings. The number of carbonyl (C=O) groups excluding carboxylic acids is 3. The lowest BCUT2D eigenvalue weighted by Crippen LogP contribution is -2.55. The number of aromatic nitrogens is 2. The Hall–Kier alpha value is -3.92. The van der Waals surface area contributed by atoms with Crippen LogP contribution in [0.3, 0.4) is 0 Å². The number of aromatic amines is 1. The molecular weight excluding hydrogens is 500 g/mol. The van der Waals surface area contributed by atoms with Crippen LogP contribution in [0.1, 0.15) is 42.5 Å². The molecule has 196 valence electrons. The van der Waals surface area contributed by atoms with Crippen molar-refractivity contribution in [3.63, 3.8) is 0 Å². The average molecular weight is 529 g/mol. The van der Waals surface area contributed by atoms with Crippen molar-refractivity contribution < 1.29 is 29.0 Å². The third kappa shape index (κ3) is 6.26. The van der Waals surface area contributed by atoms with Crippen molar-refractivity contribution >= 4 is 52.7 Å². The molecule has 1 unspecified atom stereocenters. The van der Waals surface area contributed by atoms with Gasteiger partial charge in [0.2, 0.25) is 5.91 Å². The zero-order valence-corrected chi connectivity index (χ0v) is 21.1. The molecule has 1 fully saturated rings. The first-order valence-electron chi connectivity index (χ1n) is 11.8. The molecule has 1 saturated carbocycles. The number of anilines is 1. The Morgan fingerprint density at radius 3 is 2.57 bits per heavy atom. The lowest BCUT2D eigenvalue weighted by Gasteiger charge is -2.36. The van der Waals surface area contributed by atoms with E-state index in [4.69, 9.17) is 4.74 Å². The number of fused-ring (bicyclic) bond motifs is 1. The maximum absolute atomic E-state index is 13.6. The van der Waals surface area contributed by atoms with E-state index in [-0.39, 0.29) is 29.7 Å². The number of hydrogen-bond donors (Lipinski definition) is 3. The Morgan fingerprint density at radius 2 is 1.92 bits per heavy atom. The number of carboxylic acid groups (broad SMARTS) is 1. The van der Waals surface area contributed by atoms with Crippen LogP contribution in [-0.4, -0.2) is 63.2 Å². The van der Waals surface area contributed by atoms with E-state index in [1.807, 2.05) is 0 Å². The quantitative estimate of drug-likeness (QED) is 0.284. The topological polar surface area (TPSA) is 142 Å². The van der Waals surface area contributed by atoms with Gasteiger partial charge in [0, 0.05) is 29.4 Å². The minimum atomic E-state index is -1.31. The van der Waals surface area contributed by atoms with Crippen LogP contribution in [0, 0.1) is 5.92 Å². The van der Waals surface area contributed by atoms with Crippen LogP contribution in [0.15, 0.2) is 48.8 Å². The van der Waals surface area contributed by atoms with Crippen LogP contribution >= 0.6 is 12.4 Å². The van der Waals surface area contributed by atoms with Gasteiger partial charge in [-0.25, -0.2) is 4.98 Å². The Balaban J connectivity index is 0.00000380. The minimum absolute atomic E-state index is 0. The average Bonchev–Trinajstić information content (AvgIpc) is 3.31. The van der Waals surface area contributed by atoms with Gasteiger partial charge in [-0.2, -0.15) is 0 Å². The standard InChI is InChI=1S/C26H28N4O6.ClH/c1-36-17-10-11-18-19(14-28-20(18)13-17)24(33)26(35)30(15-22(31)32)23(16-7-3-2-4-8-16)25(34)29-21-9-5-6-12-27-21;/h5-6,9-14,16,23,28H,2-4,7-8,15H2,1H3,(H,31,32)(H,27,29,34);1H.